The Hall–Kier alpha value is -2.96. The van der Waals surface area contributed by atoms with Crippen molar-refractivity contribution in [2.24, 2.45) is 0 Å². The molecule has 27 heavy (non-hydrogen) atoms. The van der Waals surface area contributed by atoms with Crippen LogP contribution in [0.1, 0.15) is 28.4 Å². The number of rotatable bonds is 4. The van der Waals surface area contributed by atoms with Gasteiger partial charge in [0.25, 0.3) is 0 Å². The third kappa shape index (κ3) is 2.34. The number of carbonyl (C=O) groups is 2. The average molecular weight is 365 g/mol. The molecular formula is C21H19NO5. The molecule has 138 valence electrons. The number of fused-ring (bicyclic) bond motifs is 3. The van der Waals surface area contributed by atoms with Gasteiger partial charge >= 0.3 is 5.97 Å². The van der Waals surface area contributed by atoms with Crippen LogP contribution in [0.4, 0.5) is 0 Å². The molecular weight excluding hydrogens is 346 g/mol. The molecule has 2 aliphatic rings. The second-order valence-corrected chi connectivity index (χ2v) is 6.79. The van der Waals surface area contributed by atoms with Crippen LogP contribution < -0.4 is 5.32 Å². The molecule has 3 N–H and O–H groups in total. The molecule has 1 aliphatic heterocycles. The Balaban J connectivity index is 1.59. The SMILES string of the molecule is CC1=C(C(=O)OCCc2ccccc2)[C@]2(O)C(=O)c3ccccc3[C@@]2(O)N1. The number of ketones is 1. The summed E-state index contributed by atoms with van der Waals surface area (Å²) in [6.07, 6.45) is 0.503. The molecule has 0 aromatic heterocycles. The highest BCUT2D eigenvalue weighted by Crippen LogP contribution is 2.51. The van der Waals surface area contributed by atoms with Crippen LogP contribution in [0.2, 0.25) is 0 Å². The van der Waals surface area contributed by atoms with E-state index in [2.05, 4.69) is 5.32 Å². The first-order chi connectivity index (χ1) is 12.9. The van der Waals surface area contributed by atoms with Gasteiger partial charge in [-0.3, -0.25) is 4.79 Å². The van der Waals surface area contributed by atoms with E-state index in [0.717, 1.165) is 5.56 Å². The summed E-state index contributed by atoms with van der Waals surface area (Å²) in [7, 11) is 0. The first-order valence-corrected chi connectivity index (χ1v) is 8.69. The van der Waals surface area contributed by atoms with Crippen molar-refractivity contribution in [3.8, 4) is 0 Å². The van der Waals surface area contributed by atoms with Crippen molar-refractivity contribution in [2.75, 3.05) is 6.61 Å². The Morgan fingerprint density at radius 3 is 2.48 bits per heavy atom. The second-order valence-electron chi connectivity index (χ2n) is 6.79. The zero-order chi connectivity index (χ0) is 19.2. The molecule has 0 radical (unpaired) electrons. The monoisotopic (exact) mass is 365 g/mol. The van der Waals surface area contributed by atoms with Gasteiger partial charge in [-0.15, -0.1) is 0 Å². The molecule has 0 saturated carbocycles. The lowest BCUT2D eigenvalue weighted by Crippen LogP contribution is -2.56. The Bertz CT molecular complexity index is 968. The third-order valence-corrected chi connectivity index (χ3v) is 5.19. The standard InChI is InChI=1S/C21H19NO5/c1-13-17(19(24)27-12-11-14-7-3-2-4-8-14)20(25)18(23)15-9-5-6-10-16(15)21(20,26)22-13/h2-10,22,25-26H,11-12H2,1H3/t20-,21-/m0/s1. The van der Waals surface area contributed by atoms with Crippen LogP contribution in [0.5, 0.6) is 0 Å². The number of hydrogen-bond acceptors (Lipinski definition) is 6. The fourth-order valence-electron chi connectivity index (χ4n) is 3.89. The van der Waals surface area contributed by atoms with Crippen molar-refractivity contribution in [3.05, 3.63) is 82.6 Å². The fraction of sp³-hybridized carbons (Fsp3) is 0.238. The number of carbonyl (C=O) groups excluding carboxylic acids is 2. The van der Waals surface area contributed by atoms with Crippen LogP contribution in [-0.4, -0.2) is 34.2 Å². The number of aliphatic hydroxyl groups is 2. The topological polar surface area (TPSA) is 95.9 Å². The predicted octanol–water partition coefficient (Wildman–Crippen LogP) is 1.42. The third-order valence-electron chi connectivity index (χ3n) is 5.19. The highest BCUT2D eigenvalue weighted by molar-refractivity contribution is 6.16. The summed E-state index contributed by atoms with van der Waals surface area (Å²) in [6.45, 7) is 1.62. The van der Waals surface area contributed by atoms with Gasteiger partial charge in [0.2, 0.25) is 17.1 Å². The lowest BCUT2D eigenvalue weighted by Gasteiger charge is -2.31. The maximum Gasteiger partial charge on any atom is 0.339 e. The summed E-state index contributed by atoms with van der Waals surface area (Å²) in [4.78, 5) is 25.6. The quantitative estimate of drug-likeness (QED) is 0.710. The fourth-order valence-corrected chi connectivity index (χ4v) is 3.89. The van der Waals surface area contributed by atoms with Gasteiger partial charge in [-0.25, -0.2) is 4.79 Å². The van der Waals surface area contributed by atoms with Gasteiger partial charge in [0.1, 0.15) is 5.57 Å². The lowest BCUT2D eigenvalue weighted by atomic mass is 9.85. The Kier molecular flexibility index (Phi) is 3.91. The minimum atomic E-state index is -2.41. The molecule has 0 bridgehead atoms. The van der Waals surface area contributed by atoms with E-state index in [0.29, 0.717) is 6.42 Å². The first kappa shape index (κ1) is 17.5. The Morgan fingerprint density at radius 1 is 1.07 bits per heavy atom. The van der Waals surface area contributed by atoms with Crippen LogP contribution in [0.15, 0.2) is 65.9 Å². The predicted molar refractivity (Wildman–Crippen MR) is 96.6 cm³/mol. The van der Waals surface area contributed by atoms with Crippen LogP contribution in [0.3, 0.4) is 0 Å². The van der Waals surface area contributed by atoms with Gasteiger partial charge in [0, 0.05) is 23.2 Å². The summed E-state index contributed by atoms with van der Waals surface area (Å²) < 4.78 is 5.31. The summed E-state index contributed by atoms with van der Waals surface area (Å²) >= 11 is 0. The van der Waals surface area contributed by atoms with E-state index in [9.17, 15) is 19.8 Å². The maximum atomic E-state index is 12.9. The number of nitrogens with one attached hydrogen (secondary N) is 1. The molecule has 2 aromatic carbocycles. The van der Waals surface area contributed by atoms with Crippen LogP contribution in [-0.2, 0) is 21.7 Å². The molecule has 0 spiro atoms. The van der Waals surface area contributed by atoms with E-state index < -0.39 is 23.1 Å². The van der Waals surface area contributed by atoms with Crippen molar-refractivity contribution in [1.82, 2.24) is 5.32 Å². The van der Waals surface area contributed by atoms with Crippen molar-refractivity contribution in [1.29, 1.82) is 0 Å². The number of allylic oxidation sites excluding steroid dienone is 1. The van der Waals surface area contributed by atoms with Crippen LogP contribution in [0.25, 0.3) is 0 Å². The minimum Gasteiger partial charge on any atom is -0.462 e. The van der Waals surface area contributed by atoms with E-state index in [-0.39, 0.29) is 29.0 Å². The summed E-state index contributed by atoms with van der Waals surface area (Å²) in [5.74, 6) is -1.55. The van der Waals surface area contributed by atoms with Crippen molar-refractivity contribution >= 4 is 11.8 Å². The van der Waals surface area contributed by atoms with E-state index >= 15 is 0 Å². The highest BCUT2D eigenvalue weighted by Gasteiger charge is 2.70. The normalized spacial score (nSPS) is 25.8. The van der Waals surface area contributed by atoms with E-state index in [4.69, 9.17) is 4.74 Å². The number of benzene rings is 2. The van der Waals surface area contributed by atoms with Gasteiger partial charge in [-0.1, -0.05) is 54.6 Å². The van der Waals surface area contributed by atoms with Crippen molar-refractivity contribution < 1.29 is 24.5 Å². The summed E-state index contributed by atoms with van der Waals surface area (Å²) in [5, 5.41) is 25.0. The molecule has 6 nitrogen and oxygen atoms in total. The number of esters is 1. The molecule has 0 unspecified atom stereocenters. The average Bonchev–Trinajstić information content (AvgIpc) is 2.97. The van der Waals surface area contributed by atoms with Crippen molar-refractivity contribution in [3.63, 3.8) is 0 Å². The Labute approximate surface area is 156 Å². The molecule has 1 aliphatic carbocycles. The van der Waals surface area contributed by atoms with Gasteiger partial charge in [-0.2, -0.15) is 0 Å². The summed E-state index contributed by atoms with van der Waals surface area (Å²) in [5.41, 5.74) is -3.11. The van der Waals surface area contributed by atoms with Gasteiger partial charge in [-0.05, 0) is 12.5 Å². The maximum absolute atomic E-state index is 12.9. The zero-order valence-electron chi connectivity index (χ0n) is 14.7. The van der Waals surface area contributed by atoms with E-state index in [1.54, 1.807) is 18.2 Å². The molecule has 2 aromatic rings. The van der Waals surface area contributed by atoms with Gasteiger partial charge in [0.05, 0.1) is 6.61 Å². The minimum absolute atomic E-state index is 0.0925. The molecule has 6 heteroatoms. The zero-order valence-corrected chi connectivity index (χ0v) is 14.7. The Morgan fingerprint density at radius 2 is 1.74 bits per heavy atom. The van der Waals surface area contributed by atoms with Crippen LogP contribution >= 0.6 is 0 Å². The highest BCUT2D eigenvalue weighted by atomic mass is 16.5. The number of Topliss-reactive ketones (excluding diaryl/α,β-unsaturated/α-hetero) is 1. The van der Waals surface area contributed by atoms with Gasteiger partial charge in [0.15, 0.2) is 0 Å². The lowest BCUT2D eigenvalue weighted by molar-refractivity contribution is -0.146. The molecule has 0 fully saturated rings. The number of ether oxygens (including phenoxy) is 1. The molecule has 4 rings (SSSR count). The van der Waals surface area contributed by atoms with Gasteiger partial charge < -0.3 is 20.3 Å². The smallest absolute Gasteiger partial charge is 0.339 e. The molecule has 1 heterocycles. The largest absolute Gasteiger partial charge is 0.462 e. The van der Waals surface area contributed by atoms with Crippen LogP contribution in [0, 0.1) is 0 Å². The van der Waals surface area contributed by atoms with E-state index in [1.807, 2.05) is 30.3 Å². The first-order valence-electron chi connectivity index (χ1n) is 8.69. The van der Waals surface area contributed by atoms with E-state index in [1.165, 1.54) is 13.0 Å². The molecule has 2 atom stereocenters. The van der Waals surface area contributed by atoms with Crippen molar-refractivity contribution in [2.45, 2.75) is 24.7 Å². The molecule has 0 amide bonds. The summed E-state index contributed by atoms with van der Waals surface area (Å²) in [6, 6.07) is 15.9. The second kappa shape index (κ2) is 6.04. The molecule has 0 saturated heterocycles. The number of hydrogen-bond donors (Lipinski definition) is 3.